The van der Waals surface area contributed by atoms with Crippen molar-refractivity contribution in [2.24, 2.45) is 0 Å². The van der Waals surface area contributed by atoms with Crippen molar-refractivity contribution in [3.8, 4) is 0 Å². The van der Waals surface area contributed by atoms with Gasteiger partial charge in [0.1, 0.15) is 5.82 Å². The van der Waals surface area contributed by atoms with E-state index in [1.54, 1.807) is 0 Å². The Morgan fingerprint density at radius 1 is 1.33 bits per heavy atom. The van der Waals surface area contributed by atoms with Crippen LogP contribution in [0.1, 0.15) is 43.6 Å². The highest BCUT2D eigenvalue weighted by atomic mass is 16.3. The Morgan fingerprint density at radius 2 is 2.11 bits per heavy atom. The van der Waals surface area contributed by atoms with Gasteiger partial charge in [0.15, 0.2) is 0 Å². The lowest BCUT2D eigenvalue weighted by atomic mass is 9.94. The summed E-state index contributed by atoms with van der Waals surface area (Å²) in [6, 6.07) is 0. The number of nitrogens with zero attached hydrogens (tertiary/aromatic N) is 3. The van der Waals surface area contributed by atoms with Gasteiger partial charge in [-0.25, -0.2) is 4.98 Å². The van der Waals surface area contributed by atoms with Gasteiger partial charge in [0.2, 0.25) is 0 Å². The van der Waals surface area contributed by atoms with Crippen molar-refractivity contribution in [2.75, 3.05) is 19.6 Å². The number of aryl methyl sites for hydroxylation is 1. The molecule has 4 nitrogen and oxygen atoms in total. The molecule has 0 aromatic carbocycles. The summed E-state index contributed by atoms with van der Waals surface area (Å²) in [7, 11) is 0. The summed E-state index contributed by atoms with van der Waals surface area (Å²) < 4.78 is 2.16. The number of aliphatic hydroxyl groups is 1. The van der Waals surface area contributed by atoms with E-state index in [-0.39, 0.29) is 6.10 Å². The average molecular weight is 249 g/mol. The van der Waals surface area contributed by atoms with Gasteiger partial charge in [-0.2, -0.15) is 0 Å². The lowest BCUT2D eigenvalue weighted by Gasteiger charge is -2.30. The van der Waals surface area contributed by atoms with Gasteiger partial charge < -0.3 is 14.6 Å². The fraction of sp³-hybridized carbons (Fsp3) is 0.786. The summed E-state index contributed by atoms with van der Waals surface area (Å²) in [5.74, 6) is 1.80. The highest BCUT2D eigenvalue weighted by Gasteiger charge is 2.24. The molecule has 3 rings (SSSR count). The first kappa shape index (κ1) is 12.2. The molecule has 1 N–H and O–H groups in total. The van der Waals surface area contributed by atoms with Gasteiger partial charge in [0.25, 0.3) is 0 Å². The Balaban J connectivity index is 1.70. The number of imidazole rings is 1. The molecular weight excluding hydrogens is 226 g/mol. The van der Waals surface area contributed by atoms with Crippen molar-refractivity contribution in [1.82, 2.24) is 14.5 Å². The summed E-state index contributed by atoms with van der Waals surface area (Å²) in [6.45, 7) is 6.53. The number of fused-ring (bicyclic) bond motifs is 1. The first-order valence-corrected chi connectivity index (χ1v) is 7.22. The van der Waals surface area contributed by atoms with Crippen molar-refractivity contribution < 1.29 is 5.11 Å². The van der Waals surface area contributed by atoms with Gasteiger partial charge in [-0.1, -0.05) is 6.92 Å². The van der Waals surface area contributed by atoms with Crippen LogP contribution in [0.5, 0.6) is 0 Å². The molecule has 3 heterocycles. The maximum atomic E-state index is 9.69. The van der Waals surface area contributed by atoms with Crippen LogP contribution >= 0.6 is 0 Å². The van der Waals surface area contributed by atoms with Crippen molar-refractivity contribution in [1.29, 1.82) is 0 Å². The molecule has 2 aliphatic heterocycles. The molecule has 0 saturated carbocycles. The van der Waals surface area contributed by atoms with E-state index >= 15 is 0 Å². The van der Waals surface area contributed by atoms with E-state index in [0.717, 1.165) is 19.4 Å². The largest absolute Gasteiger partial charge is 0.391 e. The predicted octanol–water partition coefficient (Wildman–Crippen LogP) is 1.39. The Labute approximate surface area is 109 Å². The number of rotatable bonds is 2. The van der Waals surface area contributed by atoms with Crippen LogP contribution in [0.15, 0.2) is 6.20 Å². The summed E-state index contributed by atoms with van der Waals surface area (Å²) >= 11 is 0. The van der Waals surface area contributed by atoms with Gasteiger partial charge >= 0.3 is 0 Å². The van der Waals surface area contributed by atoms with Crippen LogP contribution in [0.2, 0.25) is 0 Å². The topological polar surface area (TPSA) is 41.3 Å². The third kappa shape index (κ3) is 2.31. The zero-order valence-corrected chi connectivity index (χ0v) is 11.2. The normalized spacial score (nSPS) is 26.2. The first-order valence-electron chi connectivity index (χ1n) is 7.22. The highest BCUT2D eigenvalue weighted by molar-refractivity contribution is 5.12. The van der Waals surface area contributed by atoms with Crippen molar-refractivity contribution in [2.45, 2.75) is 51.2 Å². The van der Waals surface area contributed by atoms with Crippen LogP contribution in [0.4, 0.5) is 0 Å². The minimum Gasteiger partial charge on any atom is -0.391 e. The van der Waals surface area contributed by atoms with E-state index in [4.69, 9.17) is 4.98 Å². The molecule has 4 heteroatoms. The molecule has 1 aromatic rings. The van der Waals surface area contributed by atoms with E-state index < -0.39 is 0 Å². The molecule has 1 aromatic heterocycles. The second-order valence-electron chi connectivity index (χ2n) is 5.64. The highest BCUT2D eigenvalue weighted by Crippen LogP contribution is 2.28. The Morgan fingerprint density at radius 3 is 2.83 bits per heavy atom. The van der Waals surface area contributed by atoms with Crippen LogP contribution in [-0.4, -0.2) is 45.3 Å². The quantitative estimate of drug-likeness (QED) is 0.861. The number of piperidine rings is 1. The molecule has 1 fully saturated rings. The number of hydrogen-bond acceptors (Lipinski definition) is 3. The van der Waals surface area contributed by atoms with Crippen LogP contribution in [0.25, 0.3) is 0 Å². The number of aromatic nitrogens is 2. The van der Waals surface area contributed by atoms with Gasteiger partial charge in [-0.05, 0) is 38.9 Å². The summed E-state index contributed by atoms with van der Waals surface area (Å²) in [5.41, 5.74) is 1.26. The van der Waals surface area contributed by atoms with Crippen LogP contribution in [0.3, 0.4) is 0 Å². The van der Waals surface area contributed by atoms with E-state index in [2.05, 4.69) is 22.6 Å². The molecule has 1 atom stereocenters. The van der Waals surface area contributed by atoms with E-state index in [1.165, 1.54) is 44.0 Å². The Hall–Kier alpha value is -0.870. The van der Waals surface area contributed by atoms with E-state index in [0.29, 0.717) is 5.92 Å². The Bertz CT molecular complexity index is 407. The average Bonchev–Trinajstić information content (AvgIpc) is 2.81. The monoisotopic (exact) mass is 249 g/mol. The first-order chi connectivity index (χ1) is 8.76. The van der Waals surface area contributed by atoms with Crippen molar-refractivity contribution in [3.63, 3.8) is 0 Å². The lowest BCUT2D eigenvalue weighted by Crippen LogP contribution is -2.32. The summed E-state index contributed by atoms with van der Waals surface area (Å²) in [5, 5.41) is 9.69. The van der Waals surface area contributed by atoms with E-state index in [9.17, 15) is 5.11 Å². The van der Waals surface area contributed by atoms with Crippen LogP contribution in [0, 0.1) is 0 Å². The summed E-state index contributed by atoms with van der Waals surface area (Å²) in [6.07, 6.45) is 6.25. The number of hydrogen-bond donors (Lipinski definition) is 1. The van der Waals surface area contributed by atoms with Gasteiger partial charge in [0.05, 0.1) is 11.8 Å². The fourth-order valence-corrected chi connectivity index (χ4v) is 3.19. The smallest absolute Gasteiger partial charge is 0.109 e. The minimum atomic E-state index is -0.179. The zero-order chi connectivity index (χ0) is 12.5. The van der Waals surface area contributed by atoms with Crippen molar-refractivity contribution in [3.05, 3.63) is 17.7 Å². The molecule has 1 saturated heterocycles. The van der Waals surface area contributed by atoms with Crippen LogP contribution < -0.4 is 0 Å². The summed E-state index contributed by atoms with van der Waals surface area (Å²) in [4.78, 5) is 7.30. The van der Waals surface area contributed by atoms with Gasteiger partial charge in [-0.15, -0.1) is 0 Å². The second-order valence-corrected chi connectivity index (χ2v) is 5.64. The molecule has 2 aliphatic rings. The third-order valence-corrected chi connectivity index (χ3v) is 4.44. The fourth-order valence-electron chi connectivity index (χ4n) is 3.19. The van der Waals surface area contributed by atoms with Gasteiger partial charge in [-0.3, -0.25) is 0 Å². The molecule has 0 spiro atoms. The third-order valence-electron chi connectivity index (χ3n) is 4.44. The Kier molecular flexibility index (Phi) is 3.39. The zero-order valence-electron chi connectivity index (χ0n) is 11.2. The second kappa shape index (κ2) is 5.02. The predicted molar refractivity (Wildman–Crippen MR) is 70.6 cm³/mol. The maximum Gasteiger partial charge on any atom is 0.109 e. The molecular formula is C14H23N3O. The minimum absolute atomic E-state index is 0.179. The molecule has 100 valence electrons. The van der Waals surface area contributed by atoms with Gasteiger partial charge in [0, 0.05) is 25.1 Å². The maximum absolute atomic E-state index is 9.69. The molecule has 18 heavy (non-hydrogen) atoms. The van der Waals surface area contributed by atoms with Crippen LogP contribution in [-0.2, 0) is 13.0 Å². The lowest BCUT2D eigenvalue weighted by molar-refractivity contribution is 0.130. The number of aliphatic hydroxyl groups excluding tert-OH is 1. The molecule has 1 unspecified atom stereocenters. The SMILES string of the molecule is CCN1CCC(c2cn3c(n2)CCC(O)C3)CC1. The number of likely N-dealkylation sites (tertiary alicyclic amines) is 1. The van der Waals surface area contributed by atoms with Crippen molar-refractivity contribution >= 4 is 0 Å². The van der Waals surface area contributed by atoms with E-state index in [1.807, 2.05) is 0 Å². The standard InChI is InChI=1S/C14H23N3O/c1-2-16-7-5-11(6-8-16)13-10-17-9-12(18)3-4-14(17)15-13/h10-12,18H,2-9H2,1H3. The molecule has 0 amide bonds. The molecule has 0 radical (unpaired) electrons. The molecule has 0 bridgehead atoms. The molecule has 0 aliphatic carbocycles.